The van der Waals surface area contributed by atoms with Gasteiger partial charge >= 0.3 is 6.09 Å². The second kappa shape index (κ2) is 10.6. The normalized spacial score (nSPS) is 15.2. The zero-order valence-electron chi connectivity index (χ0n) is 19.5. The molecule has 1 amide bonds. The van der Waals surface area contributed by atoms with E-state index in [0.717, 1.165) is 43.9 Å². The smallest absolute Gasteiger partial charge is 0.408 e. The van der Waals surface area contributed by atoms with Crippen LogP contribution in [0.15, 0.2) is 4.99 Å². The predicted molar refractivity (Wildman–Crippen MR) is 118 cm³/mol. The van der Waals surface area contributed by atoms with Crippen molar-refractivity contribution in [1.29, 1.82) is 0 Å². The second-order valence-electron chi connectivity index (χ2n) is 8.89. The van der Waals surface area contributed by atoms with E-state index in [1.807, 2.05) is 20.8 Å². The van der Waals surface area contributed by atoms with E-state index in [2.05, 4.69) is 49.6 Å². The van der Waals surface area contributed by atoms with Crippen LogP contribution >= 0.6 is 0 Å². The monoisotopic (exact) mass is 421 g/mol. The van der Waals surface area contributed by atoms with Crippen molar-refractivity contribution in [2.24, 2.45) is 4.99 Å². The molecular formula is C21H39N7O2. The molecule has 9 nitrogen and oxygen atoms in total. The third-order valence-electron chi connectivity index (χ3n) is 5.54. The maximum atomic E-state index is 12.3. The highest BCUT2D eigenvalue weighted by Gasteiger charge is 2.30. The van der Waals surface area contributed by atoms with E-state index in [-0.39, 0.29) is 0 Å². The van der Waals surface area contributed by atoms with Gasteiger partial charge in [0.25, 0.3) is 0 Å². The van der Waals surface area contributed by atoms with Gasteiger partial charge in [0.15, 0.2) is 11.8 Å². The Kier molecular flexibility index (Phi) is 8.49. The lowest BCUT2D eigenvalue weighted by Crippen LogP contribution is -2.57. The first-order valence-electron chi connectivity index (χ1n) is 11.1. The number of guanidine groups is 1. The molecule has 0 fully saturated rings. The number of aryl methyl sites for hydroxylation is 1. The molecule has 0 unspecified atom stereocenters. The average Bonchev–Trinajstić information content (AvgIpc) is 2.92. The van der Waals surface area contributed by atoms with E-state index in [4.69, 9.17) is 4.74 Å². The van der Waals surface area contributed by atoms with Gasteiger partial charge in [-0.05, 0) is 46.5 Å². The highest BCUT2D eigenvalue weighted by atomic mass is 16.6. The van der Waals surface area contributed by atoms with Crippen LogP contribution in [0.5, 0.6) is 0 Å². The third-order valence-corrected chi connectivity index (χ3v) is 5.54. The first-order chi connectivity index (χ1) is 14.2. The van der Waals surface area contributed by atoms with Crippen LogP contribution in [0.1, 0.15) is 78.4 Å². The molecule has 0 atom stereocenters. The number of nitrogens with zero attached hydrogens (tertiary/aromatic N) is 4. The number of ether oxygens (including phenoxy) is 1. The number of aromatic nitrogens is 3. The molecule has 170 valence electrons. The minimum atomic E-state index is -0.529. The van der Waals surface area contributed by atoms with Crippen molar-refractivity contribution < 1.29 is 9.53 Å². The Hall–Kier alpha value is -2.32. The lowest BCUT2D eigenvalue weighted by Gasteiger charge is -2.34. The maximum Gasteiger partial charge on any atom is 0.408 e. The molecule has 2 rings (SSSR count). The fourth-order valence-electron chi connectivity index (χ4n) is 3.55. The Morgan fingerprint density at radius 3 is 2.50 bits per heavy atom. The quantitative estimate of drug-likeness (QED) is 0.462. The zero-order valence-corrected chi connectivity index (χ0v) is 19.5. The van der Waals surface area contributed by atoms with Gasteiger partial charge in [0.2, 0.25) is 0 Å². The predicted octanol–water partition coefficient (Wildman–Crippen LogP) is 2.75. The van der Waals surface area contributed by atoms with E-state index in [9.17, 15) is 4.79 Å². The highest BCUT2D eigenvalue weighted by molar-refractivity contribution is 5.79. The Bertz CT molecular complexity index is 717. The van der Waals surface area contributed by atoms with Crippen LogP contribution in [0.25, 0.3) is 0 Å². The van der Waals surface area contributed by atoms with Crippen molar-refractivity contribution in [2.45, 2.75) is 97.4 Å². The minimum absolute atomic E-state index is 0.401. The first-order valence-corrected chi connectivity index (χ1v) is 11.1. The van der Waals surface area contributed by atoms with Crippen LogP contribution in [0, 0.1) is 0 Å². The number of alkyl carbamates (subject to hydrolysis) is 1. The number of amides is 1. The standard InChI is InChI=1S/C21H39N7O2/c1-7-21(8-2,25-19(29)30-20(3,4)5)15-24-18(22-6)23-14-17-27-26-16-12-10-9-11-13-28(16)17/h7-15H2,1-6H3,(H,25,29)(H2,22,23,24). The van der Waals surface area contributed by atoms with Crippen LogP contribution in [0.2, 0.25) is 0 Å². The summed E-state index contributed by atoms with van der Waals surface area (Å²) in [5.74, 6) is 2.67. The molecule has 9 heteroatoms. The number of nitrogens with one attached hydrogen (secondary N) is 3. The van der Waals surface area contributed by atoms with Gasteiger partial charge in [0.05, 0.1) is 12.1 Å². The summed E-state index contributed by atoms with van der Waals surface area (Å²) in [4.78, 5) is 16.6. The van der Waals surface area contributed by atoms with Gasteiger partial charge in [-0.2, -0.15) is 0 Å². The number of hydrogen-bond acceptors (Lipinski definition) is 5. The lowest BCUT2D eigenvalue weighted by atomic mass is 9.93. The molecule has 1 aromatic heterocycles. The number of hydrogen-bond donors (Lipinski definition) is 3. The van der Waals surface area contributed by atoms with E-state index >= 15 is 0 Å². The number of fused-ring (bicyclic) bond motifs is 1. The largest absolute Gasteiger partial charge is 0.444 e. The molecule has 1 aromatic rings. The summed E-state index contributed by atoms with van der Waals surface area (Å²) in [7, 11) is 1.74. The molecule has 1 aliphatic heterocycles. The molecule has 0 saturated heterocycles. The van der Waals surface area contributed by atoms with E-state index in [1.165, 1.54) is 12.8 Å². The third kappa shape index (κ3) is 6.88. The topological polar surface area (TPSA) is 105 Å². The van der Waals surface area contributed by atoms with Crippen molar-refractivity contribution in [1.82, 2.24) is 30.7 Å². The number of rotatable bonds is 7. The molecule has 3 N–H and O–H groups in total. The Labute approximate surface area is 180 Å². The van der Waals surface area contributed by atoms with Crippen LogP contribution < -0.4 is 16.0 Å². The van der Waals surface area contributed by atoms with Gasteiger partial charge in [-0.3, -0.25) is 4.99 Å². The molecule has 0 saturated carbocycles. The Morgan fingerprint density at radius 1 is 1.13 bits per heavy atom. The second-order valence-corrected chi connectivity index (χ2v) is 8.89. The van der Waals surface area contributed by atoms with Gasteiger partial charge in [0, 0.05) is 26.6 Å². The van der Waals surface area contributed by atoms with Crippen LogP contribution in [-0.2, 0) is 24.2 Å². The van der Waals surface area contributed by atoms with Crippen LogP contribution in [0.3, 0.4) is 0 Å². The molecule has 1 aliphatic rings. The van der Waals surface area contributed by atoms with Crippen molar-refractivity contribution in [3.05, 3.63) is 11.6 Å². The molecule has 30 heavy (non-hydrogen) atoms. The van der Waals surface area contributed by atoms with Crippen molar-refractivity contribution in [2.75, 3.05) is 13.6 Å². The Morgan fingerprint density at radius 2 is 1.87 bits per heavy atom. The zero-order chi connectivity index (χ0) is 22.2. The Balaban J connectivity index is 1.94. The average molecular weight is 422 g/mol. The molecule has 2 heterocycles. The van der Waals surface area contributed by atoms with Crippen LogP contribution in [-0.4, -0.2) is 51.5 Å². The van der Waals surface area contributed by atoms with Gasteiger partial charge in [-0.25, -0.2) is 4.79 Å². The summed E-state index contributed by atoms with van der Waals surface area (Å²) in [6, 6.07) is 0. The fourth-order valence-corrected chi connectivity index (χ4v) is 3.55. The van der Waals surface area contributed by atoms with Crippen LogP contribution in [0.4, 0.5) is 4.79 Å². The summed E-state index contributed by atoms with van der Waals surface area (Å²) < 4.78 is 7.67. The van der Waals surface area contributed by atoms with Crippen molar-refractivity contribution >= 4 is 12.1 Å². The maximum absolute atomic E-state index is 12.3. The molecule has 0 aromatic carbocycles. The molecule has 0 bridgehead atoms. The molecule has 0 aliphatic carbocycles. The van der Waals surface area contributed by atoms with Gasteiger partial charge in [-0.1, -0.05) is 20.3 Å². The summed E-state index contributed by atoms with van der Waals surface area (Å²) in [5, 5.41) is 18.4. The fraction of sp³-hybridized carbons (Fsp3) is 0.810. The van der Waals surface area contributed by atoms with E-state index < -0.39 is 17.2 Å². The molecule has 0 radical (unpaired) electrons. The van der Waals surface area contributed by atoms with Gasteiger partial charge in [-0.15, -0.1) is 10.2 Å². The van der Waals surface area contributed by atoms with Crippen molar-refractivity contribution in [3.63, 3.8) is 0 Å². The van der Waals surface area contributed by atoms with Crippen molar-refractivity contribution in [3.8, 4) is 0 Å². The molecule has 0 spiro atoms. The summed E-state index contributed by atoms with van der Waals surface area (Å²) in [6.07, 6.45) is 5.70. The van der Waals surface area contributed by atoms with Gasteiger partial charge < -0.3 is 25.3 Å². The molecular weight excluding hydrogens is 382 g/mol. The number of carbonyl (C=O) groups excluding carboxylic acids is 1. The van der Waals surface area contributed by atoms with Gasteiger partial charge in [0.1, 0.15) is 11.4 Å². The number of carbonyl (C=O) groups is 1. The highest BCUT2D eigenvalue weighted by Crippen LogP contribution is 2.17. The lowest BCUT2D eigenvalue weighted by molar-refractivity contribution is 0.0448. The summed E-state index contributed by atoms with van der Waals surface area (Å²) >= 11 is 0. The minimum Gasteiger partial charge on any atom is -0.444 e. The van der Waals surface area contributed by atoms with E-state index in [0.29, 0.717) is 19.0 Å². The summed E-state index contributed by atoms with van der Waals surface area (Å²) in [5.41, 5.74) is -0.954. The SMILES string of the molecule is CCC(CC)(CNC(=NC)NCc1nnc2n1CCCCC2)NC(=O)OC(C)(C)C. The first kappa shape index (κ1) is 24.0. The summed E-state index contributed by atoms with van der Waals surface area (Å²) in [6.45, 7) is 11.8. The number of aliphatic imine (C=N–C) groups is 1. The van der Waals surface area contributed by atoms with E-state index in [1.54, 1.807) is 7.05 Å².